The zero-order valence-electron chi connectivity index (χ0n) is 9.26. The van der Waals surface area contributed by atoms with Gasteiger partial charge in [-0.25, -0.2) is 0 Å². The molecule has 0 bridgehead atoms. The first-order valence-corrected chi connectivity index (χ1v) is 5.72. The summed E-state index contributed by atoms with van der Waals surface area (Å²) >= 11 is 1.52. The van der Waals surface area contributed by atoms with Gasteiger partial charge in [-0.3, -0.25) is 9.59 Å². The molecule has 1 heterocycles. The van der Waals surface area contributed by atoms with Crippen LogP contribution >= 0.6 is 11.3 Å². The average molecular weight is 242 g/mol. The molecule has 0 aromatic carbocycles. The zero-order valence-corrected chi connectivity index (χ0v) is 10.1. The standard InChI is InChI=1S/C11H14O4S/c1-14-10(12)6-8(7-11(13)15-2)9-4-3-5-16-9/h3-5,8H,6-7H2,1-2H3. The molecule has 88 valence electrons. The molecule has 0 aliphatic carbocycles. The Bertz CT molecular complexity index is 327. The van der Waals surface area contributed by atoms with Gasteiger partial charge in [0.05, 0.1) is 27.1 Å². The third-order valence-electron chi connectivity index (χ3n) is 2.23. The van der Waals surface area contributed by atoms with Crippen LogP contribution in [0.3, 0.4) is 0 Å². The minimum Gasteiger partial charge on any atom is -0.469 e. The highest BCUT2D eigenvalue weighted by Gasteiger charge is 2.21. The van der Waals surface area contributed by atoms with Gasteiger partial charge >= 0.3 is 11.9 Å². The van der Waals surface area contributed by atoms with Crippen molar-refractivity contribution in [2.75, 3.05) is 14.2 Å². The smallest absolute Gasteiger partial charge is 0.306 e. The van der Waals surface area contributed by atoms with Crippen LogP contribution in [0.2, 0.25) is 0 Å². The third-order valence-corrected chi connectivity index (χ3v) is 3.26. The SMILES string of the molecule is COC(=O)CC(CC(=O)OC)c1cccs1. The molecule has 1 rings (SSSR count). The predicted molar refractivity (Wildman–Crippen MR) is 60.3 cm³/mol. The van der Waals surface area contributed by atoms with Crippen LogP contribution in [-0.2, 0) is 19.1 Å². The van der Waals surface area contributed by atoms with Crippen molar-refractivity contribution in [3.8, 4) is 0 Å². The first-order chi connectivity index (χ1) is 7.67. The summed E-state index contributed by atoms with van der Waals surface area (Å²) < 4.78 is 9.22. The second-order valence-corrected chi connectivity index (χ2v) is 4.25. The quantitative estimate of drug-likeness (QED) is 0.741. The van der Waals surface area contributed by atoms with E-state index in [-0.39, 0.29) is 30.7 Å². The molecule has 0 aliphatic rings. The molecule has 1 aromatic heterocycles. The van der Waals surface area contributed by atoms with Gasteiger partial charge in [0.1, 0.15) is 0 Å². The van der Waals surface area contributed by atoms with E-state index >= 15 is 0 Å². The summed E-state index contributed by atoms with van der Waals surface area (Å²) in [5.74, 6) is -0.787. The van der Waals surface area contributed by atoms with Gasteiger partial charge in [0.2, 0.25) is 0 Å². The number of hydrogen-bond acceptors (Lipinski definition) is 5. The van der Waals surface area contributed by atoms with Crippen LogP contribution in [0.4, 0.5) is 0 Å². The van der Waals surface area contributed by atoms with Gasteiger partial charge in [-0.05, 0) is 11.4 Å². The van der Waals surface area contributed by atoms with E-state index in [1.54, 1.807) is 0 Å². The summed E-state index contributed by atoms with van der Waals surface area (Å²) in [6.07, 6.45) is 0.401. The minimum atomic E-state index is -0.317. The molecule has 0 unspecified atom stereocenters. The fourth-order valence-electron chi connectivity index (χ4n) is 1.37. The first-order valence-electron chi connectivity index (χ1n) is 4.84. The van der Waals surface area contributed by atoms with E-state index < -0.39 is 0 Å². The van der Waals surface area contributed by atoms with Gasteiger partial charge in [0, 0.05) is 10.8 Å². The van der Waals surface area contributed by atoms with E-state index in [0.29, 0.717) is 0 Å². The molecular formula is C11H14O4S. The minimum absolute atomic E-state index is 0.153. The van der Waals surface area contributed by atoms with Crippen LogP contribution in [-0.4, -0.2) is 26.2 Å². The molecule has 16 heavy (non-hydrogen) atoms. The van der Waals surface area contributed by atoms with E-state index in [4.69, 9.17) is 0 Å². The fraction of sp³-hybridized carbons (Fsp3) is 0.455. The lowest BCUT2D eigenvalue weighted by Crippen LogP contribution is -2.13. The predicted octanol–water partition coefficient (Wildman–Crippen LogP) is 1.96. The van der Waals surface area contributed by atoms with Crippen molar-refractivity contribution in [1.29, 1.82) is 0 Å². The molecule has 5 heteroatoms. The van der Waals surface area contributed by atoms with Crippen molar-refractivity contribution in [3.05, 3.63) is 22.4 Å². The van der Waals surface area contributed by atoms with Crippen molar-refractivity contribution in [3.63, 3.8) is 0 Å². The molecule has 0 N–H and O–H groups in total. The van der Waals surface area contributed by atoms with Gasteiger partial charge < -0.3 is 9.47 Å². The Labute approximate surface area is 98.2 Å². The monoisotopic (exact) mass is 242 g/mol. The van der Waals surface area contributed by atoms with Crippen LogP contribution in [0.15, 0.2) is 17.5 Å². The normalized spacial score (nSPS) is 10.2. The molecule has 1 aromatic rings. The van der Waals surface area contributed by atoms with Crippen LogP contribution in [0.25, 0.3) is 0 Å². The number of methoxy groups -OCH3 is 2. The van der Waals surface area contributed by atoms with Crippen molar-refractivity contribution in [1.82, 2.24) is 0 Å². The van der Waals surface area contributed by atoms with Gasteiger partial charge in [0.25, 0.3) is 0 Å². The van der Waals surface area contributed by atoms with E-state index in [2.05, 4.69) is 9.47 Å². The molecule has 0 fully saturated rings. The van der Waals surface area contributed by atoms with E-state index in [0.717, 1.165) is 4.88 Å². The summed E-state index contributed by atoms with van der Waals surface area (Å²) in [5, 5.41) is 1.91. The topological polar surface area (TPSA) is 52.6 Å². The summed E-state index contributed by atoms with van der Waals surface area (Å²) in [6.45, 7) is 0. The number of ether oxygens (including phenoxy) is 2. The Morgan fingerprint density at radius 2 is 1.81 bits per heavy atom. The molecule has 0 radical (unpaired) electrons. The average Bonchev–Trinajstić information content (AvgIpc) is 2.81. The van der Waals surface area contributed by atoms with Crippen LogP contribution < -0.4 is 0 Å². The molecule has 0 saturated heterocycles. The summed E-state index contributed by atoms with van der Waals surface area (Å²) in [7, 11) is 2.68. The number of hydrogen-bond donors (Lipinski definition) is 0. The Hall–Kier alpha value is -1.36. The van der Waals surface area contributed by atoms with Gasteiger partial charge in [0.15, 0.2) is 0 Å². The lowest BCUT2D eigenvalue weighted by atomic mass is 10.00. The summed E-state index contributed by atoms with van der Waals surface area (Å²) in [6, 6.07) is 3.79. The van der Waals surface area contributed by atoms with Crippen LogP contribution in [0.5, 0.6) is 0 Å². The molecule has 4 nitrogen and oxygen atoms in total. The Morgan fingerprint density at radius 1 is 1.25 bits per heavy atom. The second kappa shape index (κ2) is 6.27. The largest absolute Gasteiger partial charge is 0.469 e. The molecule has 0 aliphatic heterocycles. The number of rotatable bonds is 5. The second-order valence-electron chi connectivity index (χ2n) is 3.27. The number of carbonyl (C=O) groups excluding carboxylic acids is 2. The lowest BCUT2D eigenvalue weighted by molar-refractivity contribution is -0.143. The van der Waals surface area contributed by atoms with E-state index in [1.807, 2.05) is 17.5 Å². The highest BCUT2D eigenvalue weighted by Crippen LogP contribution is 2.28. The van der Waals surface area contributed by atoms with Crippen molar-refractivity contribution >= 4 is 23.3 Å². The summed E-state index contributed by atoms with van der Waals surface area (Å²) in [4.78, 5) is 23.4. The van der Waals surface area contributed by atoms with Crippen molar-refractivity contribution in [2.45, 2.75) is 18.8 Å². The van der Waals surface area contributed by atoms with Gasteiger partial charge in [-0.15, -0.1) is 11.3 Å². The maximum atomic E-state index is 11.2. The third kappa shape index (κ3) is 3.66. The van der Waals surface area contributed by atoms with Crippen molar-refractivity contribution in [2.24, 2.45) is 0 Å². The fourth-order valence-corrected chi connectivity index (χ4v) is 2.20. The molecule has 0 spiro atoms. The van der Waals surface area contributed by atoms with Gasteiger partial charge in [-0.1, -0.05) is 6.07 Å². The molecule has 0 saturated carbocycles. The Kier molecular flexibility index (Phi) is 4.98. The molecular weight excluding hydrogens is 228 g/mol. The maximum absolute atomic E-state index is 11.2. The Morgan fingerprint density at radius 3 is 2.19 bits per heavy atom. The lowest BCUT2D eigenvalue weighted by Gasteiger charge is -2.12. The number of thiophene rings is 1. The first kappa shape index (κ1) is 12.7. The van der Waals surface area contributed by atoms with Crippen LogP contribution in [0, 0.1) is 0 Å². The van der Waals surface area contributed by atoms with Crippen molar-refractivity contribution < 1.29 is 19.1 Å². The van der Waals surface area contributed by atoms with E-state index in [1.165, 1.54) is 25.6 Å². The zero-order chi connectivity index (χ0) is 12.0. The van der Waals surface area contributed by atoms with Gasteiger partial charge in [-0.2, -0.15) is 0 Å². The molecule has 0 amide bonds. The maximum Gasteiger partial charge on any atom is 0.306 e. The summed E-state index contributed by atoms with van der Waals surface area (Å²) in [5.41, 5.74) is 0. The number of esters is 2. The number of carbonyl (C=O) groups is 2. The Balaban J connectivity index is 2.69. The van der Waals surface area contributed by atoms with E-state index in [9.17, 15) is 9.59 Å². The highest BCUT2D eigenvalue weighted by molar-refractivity contribution is 7.10. The van der Waals surface area contributed by atoms with Crippen LogP contribution in [0.1, 0.15) is 23.6 Å². The molecule has 0 atom stereocenters. The highest BCUT2D eigenvalue weighted by atomic mass is 32.1.